The largest absolute Gasteiger partial charge is 0.482 e. The average molecular weight is 369 g/mol. The fraction of sp³-hybridized carbons (Fsp3) is 0.421. The molecule has 3 rings (SSSR count). The van der Waals surface area contributed by atoms with E-state index in [1.165, 1.54) is 31.2 Å². The molecule has 1 aromatic carbocycles. The van der Waals surface area contributed by atoms with Gasteiger partial charge in [0.05, 0.1) is 0 Å². The van der Waals surface area contributed by atoms with E-state index in [0.717, 1.165) is 6.07 Å². The lowest BCUT2D eigenvalue weighted by molar-refractivity contribution is -0.275. The van der Waals surface area contributed by atoms with E-state index in [1.54, 1.807) is 13.8 Å². The second-order valence-corrected chi connectivity index (χ2v) is 7.11. The molecule has 0 spiro atoms. The third kappa shape index (κ3) is 3.28. The number of fused-ring (bicyclic) bond motifs is 1. The minimum absolute atomic E-state index is 0.202. The highest BCUT2D eigenvalue weighted by Crippen LogP contribution is 2.51. The number of ether oxygens (including phenoxy) is 1. The summed E-state index contributed by atoms with van der Waals surface area (Å²) in [6.07, 6.45) is -6.17. The summed E-state index contributed by atoms with van der Waals surface area (Å²) in [6, 6.07) is 6.74. The second kappa shape index (κ2) is 5.94. The van der Waals surface area contributed by atoms with Gasteiger partial charge in [-0.15, -0.1) is 0 Å². The molecule has 0 fully saturated rings. The van der Waals surface area contributed by atoms with Crippen LogP contribution < -0.4 is 4.74 Å². The van der Waals surface area contributed by atoms with Crippen LogP contribution in [-0.2, 0) is 12.0 Å². The molecular formula is C19H19F4NO2. The quantitative estimate of drug-likeness (QED) is 0.814. The second-order valence-electron chi connectivity index (χ2n) is 7.11. The van der Waals surface area contributed by atoms with Gasteiger partial charge in [0.15, 0.2) is 5.60 Å². The Morgan fingerprint density at radius 3 is 2.27 bits per heavy atom. The molecular weight excluding hydrogens is 350 g/mol. The Morgan fingerprint density at radius 1 is 1.12 bits per heavy atom. The first-order valence-corrected chi connectivity index (χ1v) is 8.14. The number of benzene rings is 1. The molecule has 2 atom stereocenters. The summed E-state index contributed by atoms with van der Waals surface area (Å²) in [5.41, 5.74) is -2.38. The summed E-state index contributed by atoms with van der Waals surface area (Å²) in [6.45, 7) is 4.83. The predicted molar refractivity (Wildman–Crippen MR) is 87.4 cm³/mol. The van der Waals surface area contributed by atoms with Crippen LogP contribution >= 0.6 is 0 Å². The third-order valence-corrected chi connectivity index (χ3v) is 4.64. The van der Waals surface area contributed by atoms with Crippen LogP contribution in [0.5, 0.6) is 5.75 Å². The summed E-state index contributed by atoms with van der Waals surface area (Å²) >= 11 is 0. The number of hydrogen-bond donors (Lipinski definition) is 1. The summed E-state index contributed by atoms with van der Waals surface area (Å²) in [5, 5.41) is 10.6. The molecule has 0 bridgehead atoms. The van der Waals surface area contributed by atoms with Crippen LogP contribution in [0.4, 0.5) is 17.6 Å². The molecule has 0 saturated carbocycles. The Kier molecular flexibility index (Phi) is 4.26. The lowest BCUT2D eigenvalue weighted by atomic mass is 9.76. The van der Waals surface area contributed by atoms with Crippen LogP contribution in [0.15, 0.2) is 30.3 Å². The topological polar surface area (TPSA) is 42.4 Å². The normalized spacial score (nSPS) is 21.4. The number of nitrogens with zero attached hydrogens (tertiary/aromatic N) is 1. The van der Waals surface area contributed by atoms with Crippen LogP contribution in [-0.4, -0.2) is 21.9 Å². The minimum atomic E-state index is -4.86. The zero-order valence-electron chi connectivity index (χ0n) is 14.6. The molecule has 2 aromatic rings. The Morgan fingerprint density at radius 2 is 1.73 bits per heavy atom. The first-order chi connectivity index (χ1) is 11.9. The molecule has 0 radical (unpaired) electrons. The van der Waals surface area contributed by atoms with Crippen molar-refractivity contribution in [3.05, 3.63) is 58.7 Å². The summed E-state index contributed by atoms with van der Waals surface area (Å²) in [7, 11) is 0. The van der Waals surface area contributed by atoms with E-state index in [9.17, 15) is 22.7 Å². The van der Waals surface area contributed by atoms with Crippen LogP contribution in [0.2, 0.25) is 0 Å². The van der Waals surface area contributed by atoms with Gasteiger partial charge in [-0.1, -0.05) is 0 Å². The molecule has 140 valence electrons. The van der Waals surface area contributed by atoms with Crippen LogP contribution in [0, 0.1) is 19.7 Å². The van der Waals surface area contributed by atoms with Gasteiger partial charge in [-0.05, 0) is 50.6 Å². The number of aryl methyl sites for hydroxylation is 2. The molecule has 0 aliphatic carbocycles. The smallest absolute Gasteiger partial charge is 0.417 e. The average Bonchev–Trinajstić information content (AvgIpc) is 2.43. The van der Waals surface area contributed by atoms with Gasteiger partial charge in [0.1, 0.15) is 17.2 Å². The van der Waals surface area contributed by atoms with Crippen molar-refractivity contribution < 1.29 is 27.4 Å². The van der Waals surface area contributed by atoms with Crippen LogP contribution in [0.1, 0.15) is 35.9 Å². The molecule has 26 heavy (non-hydrogen) atoms. The molecule has 3 nitrogen and oxygen atoms in total. The zero-order chi connectivity index (χ0) is 19.3. The molecule has 1 N–H and O–H groups in total. The highest BCUT2D eigenvalue weighted by Gasteiger charge is 2.59. The molecule has 0 saturated heterocycles. The first kappa shape index (κ1) is 18.6. The van der Waals surface area contributed by atoms with E-state index in [1.807, 2.05) is 0 Å². The van der Waals surface area contributed by atoms with E-state index >= 15 is 0 Å². The van der Waals surface area contributed by atoms with Crippen molar-refractivity contribution in [2.24, 2.45) is 0 Å². The van der Waals surface area contributed by atoms with Crippen molar-refractivity contribution >= 4 is 0 Å². The highest BCUT2D eigenvalue weighted by molar-refractivity contribution is 5.46. The Labute approximate surface area is 148 Å². The SMILES string of the molecule is Cc1cc(CC(O)(CC2(C)Oc3cc(F)ccc32)C(F)(F)F)cc(C)n1. The van der Waals surface area contributed by atoms with Crippen molar-refractivity contribution in [2.45, 2.75) is 51.0 Å². The predicted octanol–water partition coefficient (Wildman–Crippen LogP) is 4.37. The van der Waals surface area contributed by atoms with Crippen LogP contribution in [0.3, 0.4) is 0 Å². The lowest BCUT2D eigenvalue weighted by Gasteiger charge is -2.46. The van der Waals surface area contributed by atoms with Crippen molar-refractivity contribution in [2.75, 3.05) is 0 Å². The van der Waals surface area contributed by atoms with Gasteiger partial charge < -0.3 is 9.84 Å². The number of rotatable bonds is 4. The number of hydrogen-bond acceptors (Lipinski definition) is 3. The number of aliphatic hydroxyl groups is 1. The third-order valence-electron chi connectivity index (χ3n) is 4.64. The van der Waals surface area contributed by atoms with Crippen molar-refractivity contribution in [3.63, 3.8) is 0 Å². The maximum absolute atomic E-state index is 13.7. The molecule has 7 heteroatoms. The number of pyridine rings is 1. The van der Waals surface area contributed by atoms with Gasteiger partial charge in [0.2, 0.25) is 0 Å². The van der Waals surface area contributed by atoms with Crippen LogP contribution in [0.25, 0.3) is 0 Å². The van der Waals surface area contributed by atoms with E-state index in [-0.39, 0.29) is 5.75 Å². The summed E-state index contributed by atoms with van der Waals surface area (Å²) in [5.74, 6) is -0.327. The van der Waals surface area contributed by atoms with Gasteiger partial charge in [-0.25, -0.2) is 4.39 Å². The molecule has 1 aliphatic heterocycles. The Bertz CT molecular complexity index is 832. The first-order valence-electron chi connectivity index (χ1n) is 8.14. The molecule has 2 heterocycles. The number of alkyl halides is 3. The standard InChI is InChI=1S/C19H19F4NO2/c1-11-6-13(7-12(2)24-11)9-18(25,19(21,22)23)10-17(3)15-5-4-14(20)8-16(15)26-17/h4-8,25H,9-10H2,1-3H3. The fourth-order valence-electron chi connectivity index (χ4n) is 3.58. The van der Waals surface area contributed by atoms with Gasteiger partial charge >= 0.3 is 6.18 Å². The van der Waals surface area contributed by atoms with E-state index in [4.69, 9.17) is 4.74 Å². The van der Waals surface area contributed by atoms with Gasteiger partial charge in [0, 0.05) is 35.9 Å². The van der Waals surface area contributed by atoms with Crippen molar-refractivity contribution in [1.82, 2.24) is 4.98 Å². The Hall–Kier alpha value is -2.15. The maximum Gasteiger partial charge on any atom is 0.417 e. The highest BCUT2D eigenvalue weighted by atomic mass is 19.4. The van der Waals surface area contributed by atoms with Gasteiger partial charge in [0.25, 0.3) is 0 Å². The monoisotopic (exact) mass is 369 g/mol. The van der Waals surface area contributed by atoms with Gasteiger partial charge in [-0.3, -0.25) is 4.98 Å². The maximum atomic E-state index is 13.7. The fourth-order valence-corrected chi connectivity index (χ4v) is 3.58. The number of halogens is 4. The van der Waals surface area contributed by atoms with E-state index < -0.39 is 36.0 Å². The van der Waals surface area contributed by atoms with Crippen molar-refractivity contribution in [3.8, 4) is 5.75 Å². The Balaban J connectivity index is 1.92. The van der Waals surface area contributed by atoms with Crippen molar-refractivity contribution in [1.29, 1.82) is 0 Å². The lowest BCUT2D eigenvalue weighted by Crippen LogP contribution is -2.54. The zero-order valence-corrected chi connectivity index (χ0v) is 14.6. The number of aromatic nitrogens is 1. The van der Waals surface area contributed by atoms with Gasteiger partial charge in [-0.2, -0.15) is 13.2 Å². The van der Waals surface area contributed by atoms with E-state index in [2.05, 4.69) is 4.98 Å². The molecule has 0 amide bonds. The molecule has 1 aromatic heterocycles. The molecule has 1 aliphatic rings. The minimum Gasteiger partial charge on any atom is -0.482 e. The molecule has 2 unspecified atom stereocenters. The summed E-state index contributed by atoms with van der Waals surface area (Å²) in [4.78, 5) is 4.14. The van der Waals surface area contributed by atoms with E-state index in [0.29, 0.717) is 22.5 Å². The summed E-state index contributed by atoms with van der Waals surface area (Å²) < 4.78 is 59.8.